The summed E-state index contributed by atoms with van der Waals surface area (Å²) >= 11 is 0. The summed E-state index contributed by atoms with van der Waals surface area (Å²) in [5.74, 6) is 0.180. The number of benzene rings is 1. The minimum atomic E-state index is 0.180. The molecule has 0 aromatic heterocycles. The highest BCUT2D eigenvalue weighted by atomic mass is 16.2. The molecule has 0 bridgehead atoms. The largest absolute Gasteiger partial charge is 0.339 e. The van der Waals surface area contributed by atoms with Crippen molar-refractivity contribution in [3.63, 3.8) is 0 Å². The molecule has 1 aliphatic rings. The molecule has 1 aliphatic heterocycles. The monoisotopic (exact) mass is 189 g/mol. The summed E-state index contributed by atoms with van der Waals surface area (Å²) < 4.78 is 0. The minimum Gasteiger partial charge on any atom is -0.339 e. The normalized spacial score (nSPS) is 15.1. The number of likely N-dealkylation sites (tertiary alicyclic amines) is 1. The molecule has 1 saturated heterocycles. The van der Waals surface area contributed by atoms with Crippen molar-refractivity contribution in [1.29, 1.82) is 0 Å². The molecule has 0 aliphatic carbocycles. The topological polar surface area (TPSA) is 20.3 Å². The van der Waals surface area contributed by atoms with Crippen LogP contribution in [0.25, 0.3) is 0 Å². The van der Waals surface area contributed by atoms with Crippen LogP contribution in [0.4, 0.5) is 0 Å². The number of amides is 1. The van der Waals surface area contributed by atoms with Crippen LogP contribution in [0.15, 0.2) is 24.3 Å². The van der Waals surface area contributed by atoms with Gasteiger partial charge in [0, 0.05) is 18.7 Å². The molecule has 1 amide bonds. The van der Waals surface area contributed by atoms with Crippen molar-refractivity contribution in [2.75, 3.05) is 13.1 Å². The summed E-state index contributed by atoms with van der Waals surface area (Å²) in [5, 5.41) is 0. The van der Waals surface area contributed by atoms with Crippen LogP contribution in [0, 0.1) is 0 Å². The van der Waals surface area contributed by atoms with Gasteiger partial charge in [-0.05, 0) is 30.5 Å². The Morgan fingerprint density at radius 3 is 2.36 bits per heavy atom. The van der Waals surface area contributed by atoms with Crippen molar-refractivity contribution < 1.29 is 4.79 Å². The third-order valence-electron chi connectivity index (χ3n) is 2.75. The predicted octanol–water partition coefficient (Wildman–Crippen LogP) is 2.09. The molecular formula is C12H15NO. The minimum absolute atomic E-state index is 0.180. The van der Waals surface area contributed by atoms with Gasteiger partial charge < -0.3 is 4.90 Å². The Balaban J connectivity index is 2.11. The van der Waals surface area contributed by atoms with E-state index in [1.807, 2.05) is 29.2 Å². The first-order chi connectivity index (χ1) is 6.81. The van der Waals surface area contributed by atoms with E-state index in [0.717, 1.165) is 31.5 Å². The van der Waals surface area contributed by atoms with Crippen molar-refractivity contribution in [2.24, 2.45) is 0 Å². The second-order valence-electron chi connectivity index (χ2n) is 3.70. The lowest BCUT2D eigenvalue weighted by Crippen LogP contribution is -2.41. The number of hydrogen-bond acceptors (Lipinski definition) is 1. The van der Waals surface area contributed by atoms with E-state index in [1.54, 1.807) is 0 Å². The van der Waals surface area contributed by atoms with Crippen LogP contribution in [0.3, 0.4) is 0 Å². The zero-order valence-electron chi connectivity index (χ0n) is 8.49. The molecule has 2 rings (SSSR count). The van der Waals surface area contributed by atoms with Crippen LogP contribution in [-0.2, 0) is 6.42 Å². The second-order valence-corrected chi connectivity index (χ2v) is 3.70. The number of rotatable bonds is 2. The number of nitrogens with zero attached hydrogens (tertiary/aromatic N) is 1. The molecule has 0 atom stereocenters. The zero-order chi connectivity index (χ0) is 9.97. The lowest BCUT2D eigenvalue weighted by molar-refractivity contribution is 0.0652. The van der Waals surface area contributed by atoms with Crippen molar-refractivity contribution in [1.82, 2.24) is 4.90 Å². The van der Waals surface area contributed by atoms with Crippen molar-refractivity contribution >= 4 is 5.91 Å². The van der Waals surface area contributed by atoms with E-state index in [9.17, 15) is 4.79 Å². The van der Waals surface area contributed by atoms with Gasteiger partial charge in [0.2, 0.25) is 0 Å². The predicted molar refractivity (Wildman–Crippen MR) is 56.3 cm³/mol. The van der Waals surface area contributed by atoms with Gasteiger partial charge in [0.1, 0.15) is 0 Å². The highest BCUT2D eigenvalue weighted by molar-refractivity contribution is 5.94. The lowest BCUT2D eigenvalue weighted by Gasteiger charge is -2.30. The molecular weight excluding hydrogens is 174 g/mol. The molecule has 1 heterocycles. The molecule has 0 unspecified atom stereocenters. The average molecular weight is 189 g/mol. The van der Waals surface area contributed by atoms with Crippen LogP contribution in [-0.4, -0.2) is 23.9 Å². The average Bonchev–Trinajstić information content (AvgIpc) is 2.15. The standard InChI is InChI=1S/C12H15NO/c1-2-10-4-6-11(7-5-10)12(14)13-8-3-9-13/h4-7H,2-3,8-9H2,1H3. The Hall–Kier alpha value is -1.31. The van der Waals surface area contributed by atoms with Crippen molar-refractivity contribution in [3.05, 3.63) is 35.4 Å². The van der Waals surface area contributed by atoms with Gasteiger partial charge >= 0.3 is 0 Å². The first-order valence-corrected chi connectivity index (χ1v) is 5.19. The molecule has 0 radical (unpaired) electrons. The van der Waals surface area contributed by atoms with Gasteiger partial charge in [0.15, 0.2) is 0 Å². The molecule has 0 spiro atoms. The first kappa shape index (κ1) is 9.25. The van der Waals surface area contributed by atoms with E-state index in [0.29, 0.717) is 0 Å². The summed E-state index contributed by atoms with van der Waals surface area (Å²) in [6.07, 6.45) is 2.18. The van der Waals surface area contributed by atoms with Crippen LogP contribution >= 0.6 is 0 Å². The molecule has 2 heteroatoms. The Kier molecular flexibility index (Phi) is 2.53. The van der Waals surface area contributed by atoms with E-state index >= 15 is 0 Å². The number of aryl methyl sites for hydroxylation is 1. The lowest BCUT2D eigenvalue weighted by atomic mass is 10.1. The van der Waals surface area contributed by atoms with Gasteiger partial charge in [-0.1, -0.05) is 19.1 Å². The summed E-state index contributed by atoms with van der Waals surface area (Å²) in [6, 6.07) is 7.93. The van der Waals surface area contributed by atoms with Gasteiger partial charge in [-0.2, -0.15) is 0 Å². The van der Waals surface area contributed by atoms with E-state index in [4.69, 9.17) is 0 Å². The number of carbonyl (C=O) groups excluding carboxylic acids is 1. The molecule has 14 heavy (non-hydrogen) atoms. The van der Waals surface area contributed by atoms with Gasteiger partial charge in [-0.3, -0.25) is 4.79 Å². The summed E-state index contributed by atoms with van der Waals surface area (Å²) in [7, 11) is 0. The third-order valence-corrected chi connectivity index (χ3v) is 2.75. The van der Waals surface area contributed by atoms with E-state index in [1.165, 1.54) is 5.56 Å². The summed E-state index contributed by atoms with van der Waals surface area (Å²) in [6.45, 7) is 3.97. The molecule has 0 N–H and O–H groups in total. The van der Waals surface area contributed by atoms with Gasteiger partial charge in [-0.25, -0.2) is 0 Å². The van der Waals surface area contributed by atoms with E-state index < -0.39 is 0 Å². The second kappa shape index (κ2) is 3.82. The fourth-order valence-electron chi connectivity index (χ4n) is 1.58. The smallest absolute Gasteiger partial charge is 0.253 e. The molecule has 1 aromatic rings. The maximum absolute atomic E-state index is 11.8. The van der Waals surface area contributed by atoms with Crippen LogP contribution in [0.2, 0.25) is 0 Å². The summed E-state index contributed by atoms with van der Waals surface area (Å²) in [5.41, 5.74) is 2.10. The van der Waals surface area contributed by atoms with Crippen molar-refractivity contribution in [3.8, 4) is 0 Å². The van der Waals surface area contributed by atoms with Gasteiger partial charge in [0.25, 0.3) is 5.91 Å². The maximum atomic E-state index is 11.8. The fourth-order valence-corrected chi connectivity index (χ4v) is 1.58. The quantitative estimate of drug-likeness (QED) is 0.697. The van der Waals surface area contributed by atoms with Gasteiger partial charge in [0.05, 0.1) is 0 Å². The van der Waals surface area contributed by atoms with Crippen LogP contribution in [0.5, 0.6) is 0 Å². The molecule has 1 aromatic carbocycles. The van der Waals surface area contributed by atoms with E-state index in [2.05, 4.69) is 6.92 Å². The first-order valence-electron chi connectivity index (χ1n) is 5.19. The highest BCUT2D eigenvalue weighted by Gasteiger charge is 2.20. The van der Waals surface area contributed by atoms with Crippen LogP contribution in [0.1, 0.15) is 29.3 Å². The Morgan fingerprint density at radius 1 is 1.29 bits per heavy atom. The number of hydrogen-bond donors (Lipinski definition) is 0. The Morgan fingerprint density at radius 2 is 1.93 bits per heavy atom. The Labute approximate surface area is 84.5 Å². The Bertz CT molecular complexity index is 325. The molecule has 74 valence electrons. The molecule has 0 saturated carbocycles. The van der Waals surface area contributed by atoms with Crippen LogP contribution < -0.4 is 0 Å². The summed E-state index contributed by atoms with van der Waals surface area (Å²) in [4.78, 5) is 13.6. The SMILES string of the molecule is CCc1ccc(C(=O)N2CCC2)cc1. The van der Waals surface area contributed by atoms with Gasteiger partial charge in [-0.15, -0.1) is 0 Å². The maximum Gasteiger partial charge on any atom is 0.253 e. The third kappa shape index (κ3) is 1.65. The molecule has 1 fully saturated rings. The zero-order valence-corrected chi connectivity index (χ0v) is 8.49. The van der Waals surface area contributed by atoms with Crippen molar-refractivity contribution in [2.45, 2.75) is 19.8 Å². The number of carbonyl (C=O) groups is 1. The fraction of sp³-hybridized carbons (Fsp3) is 0.417. The highest BCUT2D eigenvalue weighted by Crippen LogP contribution is 2.13. The molecule has 2 nitrogen and oxygen atoms in total. The van der Waals surface area contributed by atoms with E-state index in [-0.39, 0.29) is 5.91 Å².